The largest absolute Gasteiger partial charge is 0.360 e. The Labute approximate surface area is 166 Å². The van der Waals surface area contributed by atoms with E-state index in [4.69, 9.17) is 4.52 Å². The van der Waals surface area contributed by atoms with Gasteiger partial charge >= 0.3 is 0 Å². The molecule has 2 atom stereocenters. The molecule has 1 aromatic heterocycles. The van der Waals surface area contributed by atoms with Crippen LogP contribution in [0.1, 0.15) is 55.9 Å². The summed E-state index contributed by atoms with van der Waals surface area (Å²) in [6, 6.07) is 9.60. The molecule has 6 heteroatoms. The molecule has 0 bridgehead atoms. The molecule has 0 saturated carbocycles. The van der Waals surface area contributed by atoms with E-state index in [1.54, 1.807) is 17.9 Å². The van der Waals surface area contributed by atoms with E-state index in [-0.39, 0.29) is 17.7 Å². The minimum absolute atomic E-state index is 0.0354. The lowest BCUT2D eigenvalue weighted by Crippen LogP contribution is -2.43. The first-order valence-corrected chi connectivity index (χ1v) is 9.95. The van der Waals surface area contributed by atoms with Gasteiger partial charge in [0.05, 0.1) is 0 Å². The summed E-state index contributed by atoms with van der Waals surface area (Å²) in [6.07, 6.45) is 1.91. The molecule has 3 rings (SSSR count). The fourth-order valence-corrected chi connectivity index (χ4v) is 3.83. The van der Waals surface area contributed by atoms with Crippen molar-refractivity contribution in [1.29, 1.82) is 0 Å². The third kappa shape index (κ3) is 4.61. The molecule has 28 heavy (non-hydrogen) atoms. The fourth-order valence-electron chi connectivity index (χ4n) is 3.83. The summed E-state index contributed by atoms with van der Waals surface area (Å²) in [6.45, 7) is 8.72. The second-order valence-electron chi connectivity index (χ2n) is 8.02. The van der Waals surface area contributed by atoms with Crippen molar-refractivity contribution >= 4 is 17.6 Å². The zero-order chi connectivity index (χ0) is 20.3. The Morgan fingerprint density at radius 2 is 1.96 bits per heavy atom. The molecule has 1 aromatic carbocycles. The number of benzene rings is 1. The Hall–Kier alpha value is -2.63. The molecule has 0 radical (unpaired) electrons. The highest BCUT2D eigenvalue weighted by molar-refractivity contribution is 5.97. The first kappa shape index (κ1) is 20.1. The second-order valence-corrected chi connectivity index (χ2v) is 8.02. The van der Waals surface area contributed by atoms with Gasteiger partial charge in [-0.1, -0.05) is 48.8 Å². The van der Waals surface area contributed by atoms with E-state index in [0.29, 0.717) is 36.9 Å². The molecule has 2 heterocycles. The number of aryl methyl sites for hydroxylation is 2. The molecule has 150 valence electrons. The maximum absolute atomic E-state index is 13.1. The summed E-state index contributed by atoms with van der Waals surface area (Å²) in [5, 5.41) is 6.57. The number of anilines is 1. The zero-order valence-electron chi connectivity index (χ0n) is 17.1. The molecular weight excluding hydrogens is 354 g/mol. The highest BCUT2D eigenvalue weighted by Gasteiger charge is 2.35. The predicted molar refractivity (Wildman–Crippen MR) is 108 cm³/mol. The summed E-state index contributed by atoms with van der Waals surface area (Å²) in [7, 11) is 0. The summed E-state index contributed by atoms with van der Waals surface area (Å²) in [5.41, 5.74) is 2.38. The van der Waals surface area contributed by atoms with Gasteiger partial charge in [-0.15, -0.1) is 0 Å². The van der Waals surface area contributed by atoms with E-state index in [1.807, 2.05) is 0 Å². The number of aromatic nitrogens is 1. The van der Waals surface area contributed by atoms with Crippen molar-refractivity contribution in [3.05, 3.63) is 47.2 Å². The summed E-state index contributed by atoms with van der Waals surface area (Å²) < 4.78 is 4.99. The molecule has 1 aliphatic rings. The topological polar surface area (TPSA) is 75.4 Å². The lowest BCUT2D eigenvalue weighted by molar-refractivity contribution is -0.137. The highest BCUT2D eigenvalue weighted by Crippen LogP contribution is 2.30. The Morgan fingerprint density at radius 1 is 1.25 bits per heavy atom. The number of likely N-dealkylation sites (tertiary alicyclic amines) is 1. The lowest BCUT2D eigenvalue weighted by Gasteiger charge is -2.27. The van der Waals surface area contributed by atoms with E-state index in [9.17, 15) is 9.59 Å². The smallest absolute Gasteiger partial charge is 0.248 e. The van der Waals surface area contributed by atoms with E-state index < -0.39 is 6.04 Å². The molecule has 2 amide bonds. The monoisotopic (exact) mass is 383 g/mol. The van der Waals surface area contributed by atoms with Crippen LogP contribution in [0.5, 0.6) is 0 Å². The van der Waals surface area contributed by atoms with Crippen LogP contribution in [0.15, 0.2) is 34.9 Å². The fraction of sp³-hybridized carbons (Fsp3) is 0.500. The number of hydrogen-bond acceptors (Lipinski definition) is 4. The van der Waals surface area contributed by atoms with Gasteiger partial charge in [-0.3, -0.25) is 9.59 Å². The van der Waals surface area contributed by atoms with Crippen molar-refractivity contribution in [1.82, 2.24) is 10.1 Å². The van der Waals surface area contributed by atoms with E-state index >= 15 is 0 Å². The lowest BCUT2D eigenvalue weighted by atomic mass is 9.85. The van der Waals surface area contributed by atoms with Crippen molar-refractivity contribution in [2.45, 2.75) is 58.9 Å². The Kier molecular flexibility index (Phi) is 6.17. The van der Waals surface area contributed by atoms with Gasteiger partial charge in [0.2, 0.25) is 11.8 Å². The van der Waals surface area contributed by atoms with Crippen LogP contribution >= 0.6 is 0 Å². The van der Waals surface area contributed by atoms with Crippen molar-refractivity contribution in [3.63, 3.8) is 0 Å². The van der Waals surface area contributed by atoms with Gasteiger partial charge in [0, 0.05) is 19.0 Å². The van der Waals surface area contributed by atoms with Gasteiger partial charge in [0.15, 0.2) is 5.82 Å². The Balaban J connectivity index is 1.68. The van der Waals surface area contributed by atoms with Gasteiger partial charge in [-0.2, -0.15) is 0 Å². The SMILES string of the molecule is Cc1ccc(C(CC(=O)N2CCC[C@H]2C(=O)Nc2cc(C)on2)C(C)C)cc1. The van der Waals surface area contributed by atoms with Gasteiger partial charge in [0.25, 0.3) is 0 Å². The first-order valence-electron chi connectivity index (χ1n) is 9.95. The minimum Gasteiger partial charge on any atom is -0.360 e. The maximum Gasteiger partial charge on any atom is 0.248 e. The average Bonchev–Trinajstić information content (AvgIpc) is 3.29. The molecule has 0 aliphatic carbocycles. The van der Waals surface area contributed by atoms with Crippen LogP contribution in [-0.4, -0.2) is 34.5 Å². The highest BCUT2D eigenvalue weighted by atomic mass is 16.5. The zero-order valence-corrected chi connectivity index (χ0v) is 17.1. The minimum atomic E-state index is -0.449. The molecule has 0 spiro atoms. The Morgan fingerprint density at radius 3 is 2.57 bits per heavy atom. The third-order valence-electron chi connectivity index (χ3n) is 5.46. The standard InChI is InChI=1S/C22H29N3O3/c1-14(2)18(17-9-7-15(3)8-10-17)13-21(26)25-11-5-6-19(25)22(27)23-20-12-16(4)28-24-20/h7-10,12,14,18-19H,5-6,11,13H2,1-4H3,(H,23,24,27)/t18?,19-/m0/s1. The van der Waals surface area contributed by atoms with Gasteiger partial charge in [-0.25, -0.2) is 0 Å². The molecule has 1 fully saturated rings. The van der Waals surface area contributed by atoms with Crippen LogP contribution in [0.2, 0.25) is 0 Å². The van der Waals surface area contributed by atoms with Crippen LogP contribution in [0.25, 0.3) is 0 Å². The molecule has 2 aromatic rings. The molecular formula is C22H29N3O3. The van der Waals surface area contributed by atoms with Crippen molar-refractivity contribution < 1.29 is 14.1 Å². The summed E-state index contributed by atoms with van der Waals surface area (Å²) >= 11 is 0. The van der Waals surface area contributed by atoms with Gasteiger partial charge < -0.3 is 14.7 Å². The number of nitrogens with zero attached hydrogens (tertiary/aromatic N) is 2. The number of nitrogens with one attached hydrogen (secondary N) is 1. The van der Waals surface area contributed by atoms with Crippen LogP contribution in [0, 0.1) is 19.8 Å². The maximum atomic E-state index is 13.1. The average molecular weight is 383 g/mol. The molecule has 1 aliphatic heterocycles. The van der Waals surface area contributed by atoms with Gasteiger partial charge in [-0.05, 0) is 44.1 Å². The van der Waals surface area contributed by atoms with E-state index in [1.165, 1.54) is 11.1 Å². The number of amides is 2. The van der Waals surface area contributed by atoms with Crippen LogP contribution in [0.4, 0.5) is 5.82 Å². The summed E-state index contributed by atoms with van der Waals surface area (Å²) in [4.78, 5) is 27.5. The van der Waals surface area contributed by atoms with Crippen molar-refractivity contribution in [2.24, 2.45) is 5.92 Å². The molecule has 6 nitrogen and oxygen atoms in total. The van der Waals surface area contributed by atoms with Crippen LogP contribution in [-0.2, 0) is 9.59 Å². The van der Waals surface area contributed by atoms with Crippen LogP contribution in [0.3, 0.4) is 0 Å². The Bertz CT molecular complexity index is 826. The molecule has 1 saturated heterocycles. The number of carbonyl (C=O) groups excluding carboxylic acids is 2. The third-order valence-corrected chi connectivity index (χ3v) is 5.46. The van der Waals surface area contributed by atoms with E-state index in [2.05, 4.69) is 55.5 Å². The van der Waals surface area contributed by atoms with E-state index in [0.717, 1.165) is 6.42 Å². The number of hydrogen-bond donors (Lipinski definition) is 1. The number of rotatable bonds is 6. The van der Waals surface area contributed by atoms with Crippen molar-refractivity contribution in [2.75, 3.05) is 11.9 Å². The molecule has 1 N–H and O–H groups in total. The first-order chi connectivity index (χ1) is 13.3. The van der Waals surface area contributed by atoms with Crippen molar-refractivity contribution in [3.8, 4) is 0 Å². The number of carbonyl (C=O) groups is 2. The quantitative estimate of drug-likeness (QED) is 0.816. The second kappa shape index (κ2) is 8.59. The van der Waals surface area contributed by atoms with Crippen LogP contribution < -0.4 is 5.32 Å². The normalized spacial score (nSPS) is 17.8. The molecule has 1 unspecified atom stereocenters. The van der Waals surface area contributed by atoms with Gasteiger partial charge in [0.1, 0.15) is 11.8 Å². The predicted octanol–water partition coefficient (Wildman–Crippen LogP) is 4.05. The summed E-state index contributed by atoms with van der Waals surface area (Å²) in [5.74, 6) is 1.33.